The molecule has 1 amide bonds. The second kappa shape index (κ2) is 5.80. The lowest BCUT2D eigenvalue weighted by Gasteiger charge is -2.23. The van der Waals surface area contributed by atoms with Crippen LogP contribution in [0.5, 0.6) is 0 Å². The Bertz CT molecular complexity index is 386. The van der Waals surface area contributed by atoms with E-state index in [1.165, 1.54) is 5.56 Å². The molecule has 3 N–H and O–H groups in total. The summed E-state index contributed by atoms with van der Waals surface area (Å²) in [5.74, 6) is 0.0328. The van der Waals surface area contributed by atoms with E-state index in [-0.39, 0.29) is 11.9 Å². The quantitative estimate of drug-likeness (QED) is 0.722. The van der Waals surface area contributed by atoms with E-state index >= 15 is 0 Å². The predicted octanol–water partition coefficient (Wildman–Crippen LogP) is 0.749. The van der Waals surface area contributed by atoms with Crippen molar-refractivity contribution < 1.29 is 4.79 Å². The van der Waals surface area contributed by atoms with E-state index < -0.39 is 0 Å². The third kappa shape index (κ3) is 3.28. The molecule has 1 unspecified atom stereocenters. The number of benzene rings is 1. The number of piperazine rings is 1. The molecule has 1 fully saturated rings. The fourth-order valence-electron chi connectivity index (χ4n) is 1.94. The van der Waals surface area contributed by atoms with Crippen molar-refractivity contribution in [2.75, 3.05) is 25.0 Å². The summed E-state index contributed by atoms with van der Waals surface area (Å²) in [5, 5.41) is 9.34. The van der Waals surface area contributed by atoms with Crippen LogP contribution in [0, 0.1) is 0 Å². The first-order valence-electron chi connectivity index (χ1n) is 6.13. The maximum Gasteiger partial charge on any atom is 0.242 e. The van der Waals surface area contributed by atoms with Gasteiger partial charge in [-0.2, -0.15) is 0 Å². The zero-order valence-electron chi connectivity index (χ0n) is 10.1. The fraction of sp³-hybridized carbons (Fsp3) is 0.462. The highest BCUT2D eigenvalue weighted by atomic mass is 16.2. The summed E-state index contributed by atoms with van der Waals surface area (Å²) in [6.07, 6.45) is 0.979. The Morgan fingerprint density at radius 2 is 2.35 bits per heavy atom. The maximum absolute atomic E-state index is 12.0. The minimum Gasteiger partial charge on any atom is -0.325 e. The molecule has 1 aliphatic heterocycles. The number of nitrogens with one attached hydrogen (secondary N) is 3. The molecular weight excluding hydrogens is 214 g/mol. The second-order valence-corrected chi connectivity index (χ2v) is 4.25. The van der Waals surface area contributed by atoms with Crippen LogP contribution in [0.15, 0.2) is 24.3 Å². The van der Waals surface area contributed by atoms with Gasteiger partial charge in [0.1, 0.15) is 0 Å². The van der Waals surface area contributed by atoms with Gasteiger partial charge in [-0.3, -0.25) is 4.79 Å². The fourth-order valence-corrected chi connectivity index (χ4v) is 1.94. The molecule has 1 saturated heterocycles. The van der Waals surface area contributed by atoms with Crippen LogP contribution < -0.4 is 16.0 Å². The van der Waals surface area contributed by atoms with Crippen LogP contribution >= 0.6 is 0 Å². The highest BCUT2D eigenvalue weighted by Crippen LogP contribution is 2.11. The molecular formula is C13H19N3O. The third-order valence-corrected chi connectivity index (χ3v) is 2.96. The monoisotopic (exact) mass is 233 g/mol. The van der Waals surface area contributed by atoms with Crippen molar-refractivity contribution in [3.05, 3.63) is 29.8 Å². The Kier molecular flexibility index (Phi) is 4.12. The van der Waals surface area contributed by atoms with Crippen molar-refractivity contribution in [2.45, 2.75) is 19.4 Å². The van der Waals surface area contributed by atoms with Gasteiger partial charge in [0.05, 0.1) is 6.04 Å². The molecule has 17 heavy (non-hydrogen) atoms. The van der Waals surface area contributed by atoms with Crippen LogP contribution in [-0.4, -0.2) is 31.6 Å². The Morgan fingerprint density at radius 1 is 1.47 bits per heavy atom. The molecule has 0 aromatic heterocycles. The van der Waals surface area contributed by atoms with Crippen molar-refractivity contribution in [2.24, 2.45) is 0 Å². The Hall–Kier alpha value is -1.39. The average Bonchev–Trinajstić information content (AvgIpc) is 2.40. The normalized spacial score (nSPS) is 19.9. The van der Waals surface area contributed by atoms with Crippen LogP contribution in [0.2, 0.25) is 0 Å². The third-order valence-electron chi connectivity index (χ3n) is 2.96. The van der Waals surface area contributed by atoms with E-state index in [0.29, 0.717) is 6.54 Å². The minimum atomic E-state index is -0.131. The summed E-state index contributed by atoms with van der Waals surface area (Å²) in [6.45, 7) is 4.56. The maximum atomic E-state index is 12.0. The van der Waals surface area contributed by atoms with Crippen LogP contribution in [0.25, 0.3) is 0 Å². The number of hydrogen-bond donors (Lipinski definition) is 3. The van der Waals surface area contributed by atoms with Gasteiger partial charge in [-0.25, -0.2) is 0 Å². The van der Waals surface area contributed by atoms with Crippen LogP contribution in [0.4, 0.5) is 5.69 Å². The van der Waals surface area contributed by atoms with Gasteiger partial charge in [-0.05, 0) is 24.1 Å². The average molecular weight is 233 g/mol. The van der Waals surface area contributed by atoms with Gasteiger partial charge in [0, 0.05) is 25.3 Å². The molecule has 1 aliphatic rings. The number of carbonyl (C=O) groups is 1. The van der Waals surface area contributed by atoms with Crippen LogP contribution in [-0.2, 0) is 11.2 Å². The summed E-state index contributed by atoms with van der Waals surface area (Å²) < 4.78 is 0. The van der Waals surface area contributed by atoms with Gasteiger partial charge in [-0.15, -0.1) is 0 Å². The smallest absolute Gasteiger partial charge is 0.242 e. The molecule has 4 nitrogen and oxygen atoms in total. The molecule has 4 heteroatoms. The highest BCUT2D eigenvalue weighted by molar-refractivity contribution is 5.95. The van der Waals surface area contributed by atoms with Gasteiger partial charge < -0.3 is 16.0 Å². The first-order valence-corrected chi connectivity index (χ1v) is 6.13. The molecule has 0 aliphatic carbocycles. The molecule has 0 spiro atoms. The molecule has 0 saturated carbocycles. The van der Waals surface area contributed by atoms with Crippen molar-refractivity contribution in [1.82, 2.24) is 10.6 Å². The van der Waals surface area contributed by atoms with E-state index in [1.54, 1.807) is 0 Å². The Balaban J connectivity index is 1.96. The summed E-state index contributed by atoms with van der Waals surface area (Å²) >= 11 is 0. The molecule has 2 rings (SSSR count). The molecule has 92 valence electrons. The van der Waals surface area contributed by atoms with Crippen molar-refractivity contribution >= 4 is 11.6 Å². The summed E-state index contributed by atoms with van der Waals surface area (Å²) in [4.78, 5) is 12.0. The van der Waals surface area contributed by atoms with Crippen LogP contribution in [0.3, 0.4) is 0 Å². The standard InChI is InChI=1S/C13H19N3O/c1-2-10-4-3-5-11(8-10)16-13(17)12-9-14-6-7-15-12/h3-5,8,12,14-15H,2,6-7,9H2,1H3,(H,16,17). The number of anilines is 1. The summed E-state index contributed by atoms with van der Waals surface area (Å²) in [7, 11) is 0. The summed E-state index contributed by atoms with van der Waals surface area (Å²) in [5.41, 5.74) is 2.11. The van der Waals surface area contributed by atoms with E-state index in [2.05, 4.69) is 28.9 Å². The Labute approximate surface area is 102 Å². The first-order chi connectivity index (χ1) is 8.29. The lowest BCUT2D eigenvalue weighted by Crippen LogP contribution is -2.54. The largest absolute Gasteiger partial charge is 0.325 e. The van der Waals surface area contributed by atoms with Crippen molar-refractivity contribution in [3.63, 3.8) is 0 Å². The summed E-state index contributed by atoms with van der Waals surface area (Å²) in [6, 6.07) is 7.85. The van der Waals surface area contributed by atoms with Crippen LogP contribution in [0.1, 0.15) is 12.5 Å². The highest BCUT2D eigenvalue weighted by Gasteiger charge is 2.19. The minimum absolute atomic E-state index is 0.0328. The van der Waals surface area contributed by atoms with Gasteiger partial charge in [0.2, 0.25) is 5.91 Å². The van der Waals surface area contributed by atoms with E-state index in [0.717, 1.165) is 25.2 Å². The van der Waals surface area contributed by atoms with Crippen molar-refractivity contribution in [1.29, 1.82) is 0 Å². The topological polar surface area (TPSA) is 53.2 Å². The van der Waals surface area contributed by atoms with E-state index in [4.69, 9.17) is 0 Å². The van der Waals surface area contributed by atoms with Gasteiger partial charge in [-0.1, -0.05) is 19.1 Å². The number of hydrogen-bond acceptors (Lipinski definition) is 3. The molecule has 1 aromatic rings. The predicted molar refractivity (Wildman–Crippen MR) is 69.1 cm³/mol. The molecule has 0 bridgehead atoms. The van der Waals surface area contributed by atoms with E-state index in [1.807, 2.05) is 18.2 Å². The number of amides is 1. The number of aryl methyl sites for hydroxylation is 1. The van der Waals surface area contributed by atoms with Gasteiger partial charge in [0.15, 0.2) is 0 Å². The molecule has 1 heterocycles. The number of rotatable bonds is 3. The van der Waals surface area contributed by atoms with E-state index in [9.17, 15) is 4.79 Å². The zero-order chi connectivity index (χ0) is 12.1. The second-order valence-electron chi connectivity index (χ2n) is 4.25. The van der Waals surface area contributed by atoms with Crippen molar-refractivity contribution in [3.8, 4) is 0 Å². The first kappa shape index (κ1) is 12.1. The molecule has 1 aromatic carbocycles. The lowest BCUT2D eigenvalue weighted by atomic mass is 10.1. The Morgan fingerprint density at radius 3 is 3.06 bits per heavy atom. The molecule has 1 atom stereocenters. The van der Waals surface area contributed by atoms with Gasteiger partial charge in [0.25, 0.3) is 0 Å². The van der Waals surface area contributed by atoms with Gasteiger partial charge >= 0.3 is 0 Å². The zero-order valence-corrected chi connectivity index (χ0v) is 10.1. The SMILES string of the molecule is CCc1cccc(NC(=O)C2CNCCN2)c1. The number of carbonyl (C=O) groups excluding carboxylic acids is 1. The molecule has 0 radical (unpaired) electrons. The lowest BCUT2D eigenvalue weighted by molar-refractivity contribution is -0.118.